The molecule has 3 aromatic carbocycles. The van der Waals surface area contributed by atoms with Crippen LogP contribution in [0.5, 0.6) is 5.75 Å². The summed E-state index contributed by atoms with van der Waals surface area (Å²) < 4.78 is 7.36. The van der Waals surface area contributed by atoms with Gasteiger partial charge in [-0.1, -0.05) is 71.4 Å². The van der Waals surface area contributed by atoms with Crippen LogP contribution >= 0.6 is 35.0 Å². The molecule has 0 spiro atoms. The van der Waals surface area contributed by atoms with Crippen LogP contribution in [0, 0.1) is 0 Å². The number of hydrogen-bond donors (Lipinski definition) is 1. The number of benzene rings is 3. The Morgan fingerprint density at radius 3 is 2.56 bits per heavy atom. The fourth-order valence-electron chi connectivity index (χ4n) is 3.74. The highest BCUT2D eigenvalue weighted by Gasteiger charge is 2.16. The molecule has 0 fully saturated rings. The number of rotatable bonds is 11. The molecule has 186 valence electrons. The second kappa shape index (κ2) is 12.8. The number of aromatic nitrogens is 3. The summed E-state index contributed by atoms with van der Waals surface area (Å²) in [6.45, 7) is 0.422. The smallest absolute Gasteiger partial charge is 0.220 e. The van der Waals surface area contributed by atoms with Crippen LogP contribution in [0.3, 0.4) is 0 Å². The molecular formula is C27H26Cl2N4O2S. The summed E-state index contributed by atoms with van der Waals surface area (Å²) in [4.78, 5) is 12.5. The largest absolute Gasteiger partial charge is 0.496 e. The number of carbonyl (C=O) groups is 1. The maximum atomic E-state index is 12.5. The van der Waals surface area contributed by atoms with Crippen LogP contribution in [0.2, 0.25) is 10.0 Å². The molecule has 4 rings (SSSR count). The third-order valence-corrected chi connectivity index (χ3v) is 6.97. The lowest BCUT2D eigenvalue weighted by Crippen LogP contribution is -2.23. The Morgan fingerprint density at radius 1 is 1.00 bits per heavy atom. The summed E-state index contributed by atoms with van der Waals surface area (Å²) in [6.07, 6.45) is 1.61. The fourth-order valence-corrected chi connectivity index (χ4v) is 5.05. The van der Waals surface area contributed by atoms with E-state index in [1.54, 1.807) is 18.9 Å². The number of nitrogens with one attached hydrogen (secondary N) is 1. The Hall–Kier alpha value is -3.00. The minimum Gasteiger partial charge on any atom is -0.496 e. The molecule has 0 bridgehead atoms. The topological polar surface area (TPSA) is 69.0 Å². The monoisotopic (exact) mass is 540 g/mol. The third-order valence-electron chi connectivity index (χ3n) is 5.50. The number of thioether (sulfide) groups is 1. The molecule has 0 aliphatic heterocycles. The number of methoxy groups -OCH3 is 1. The van der Waals surface area contributed by atoms with Crippen molar-refractivity contribution in [3.63, 3.8) is 0 Å². The number of aryl methyl sites for hydroxylation is 1. The highest BCUT2D eigenvalue weighted by molar-refractivity contribution is 7.98. The quantitative estimate of drug-likeness (QED) is 0.219. The van der Waals surface area contributed by atoms with Crippen LogP contribution in [0.25, 0.3) is 5.69 Å². The molecule has 0 radical (unpaired) electrons. The van der Waals surface area contributed by atoms with Crippen LogP contribution in [-0.4, -0.2) is 27.8 Å². The second-order valence-electron chi connectivity index (χ2n) is 8.07. The van der Waals surface area contributed by atoms with Gasteiger partial charge in [0.05, 0.1) is 12.8 Å². The van der Waals surface area contributed by atoms with Crippen LogP contribution in [0.4, 0.5) is 0 Å². The van der Waals surface area contributed by atoms with Crippen LogP contribution in [0.15, 0.2) is 78.0 Å². The Balaban J connectivity index is 1.41. The van der Waals surface area contributed by atoms with E-state index in [-0.39, 0.29) is 5.91 Å². The van der Waals surface area contributed by atoms with Gasteiger partial charge in [0, 0.05) is 40.7 Å². The zero-order valence-corrected chi connectivity index (χ0v) is 22.1. The first-order valence-corrected chi connectivity index (χ1v) is 13.2. The Labute approximate surface area is 225 Å². The fraction of sp³-hybridized carbons (Fsp3) is 0.222. The van der Waals surface area contributed by atoms with Crippen LogP contribution in [-0.2, 0) is 23.5 Å². The molecule has 4 aromatic rings. The van der Waals surface area contributed by atoms with E-state index in [9.17, 15) is 4.79 Å². The molecule has 1 N–H and O–H groups in total. The predicted octanol–water partition coefficient (Wildman–Crippen LogP) is 6.51. The number of halogens is 2. The average molecular weight is 542 g/mol. The first kappa shape index (κ1) is 26.1. The Bertz CT molecular complexity index is 1330. The van der Waals surface area contributed by atoms with Crippen LogP contribution < -0.4 is 10.1 Å². The zero-order chi connectivity index (χ0) is 25.3. The van der Waals surface area contributed by atoms with Gasteiger partial charge < -0.3 is 10.1 Å². The van der Waals surface area contributed by atoms with E-state index in [0.29, 0.717) is 41.6 Å². The number of amides is 1. The van der Waals surface area contributed by atoms with E-state index in [4.69, 9.17) is 27.9 Å². The van der Waals surface area contributed by atoms with Crippen molar-refractivity contribution in [2.75, 3.05) is 7.11 Å². The van der Waals surface area contributed by atoms with Gasteiger partial charge in [-0.05, 0) is 48.4 Å². The van der Waals surface area contributed by atoms with E-state index >= 15 is 0 Å². The highest BCUT2D eigenvalue weighted by Crippen LogP contribution is 2.28. The molecule has 0 aliphatic rings. The van der Waals surface area contributed by atoms with Gasteiger partial charge >= 0.3 is 0 Å². The normalized spacial score (nSPS) is 10.9. The van der Waals surface area contributed by atoms with E-state index in [0.717, 1.165) is 33.5 Å². The summed E-state index contributed by atoms with van der Waals surface area (Å²) in [5.41, 5.74) is 2.92. The maximum Gasteiger partial charge on any atom is 0.220 e. The van der Waals surface area contributed by atoms with Crippen molar-refractivity contribution >= 4 is 40.9 Å². The highest BCUT2D eigenvalue weighted by atomic mass is 35.5. The first-order chi connectivity index (χ1) is 17.5. The van der Waals surface area contributed by atoms with Crippen molar-refractivity contribution in [3.8, 4) is 11.4 Å². The lowest BCUT2D eigenvalue weighted by molar-refractivity contribution is -0.121. The Kier molecular flexibility index (Phi) is 9.28. The molecule has 0 aliphatic carbocycles. The predicted molar refractivity (Wildman–Crippen MR) is 145 cm³/mol. The van der Waals surface area contributed by atoms with Gasteiger partial charge in [-0.3, -0.25) is 9.36 Å². The number of ether oxygens (including phenoxy) is 1. The van der Waals surface area contributed by atoms with E-state index < -0.39 is 0 Å². The van der Waals surface area contributed by atoms with Gasteiger partial charge in [-0.15, -0.1) is 10.2 Å². The van der Waals surface area contributed by atoms with E-state index in [1.165, 1.54) is 0 Å². The molecule has 0 unspecified atom stereocenters. The van der Waals surface area contributed by atoms with Gasteiger partial charge in [0.1, 0.15) is 11.6 Å². The minimum absolute atomic E-state index is 0.0229. The summed E-state index contributed by atoms with van der Waals surface area (Å²) >= 11 is 14.0. The number of carbonyl (C=O) groups excluding carboxylic acids is 1. The summed E-state index contributed by atoms with van der Waals surface area (Å²) in [6, 6.07) is 23.0. The minimum atomic E-state index is -0.0229. The number of hydrogen-bond acceptors (Lipinski definition) is 5. The first-order valence-electron chi connectivity index (χ1n) is 11.5. The molecule has 1 amide bonds. The molecule has 0 saturated heterocycles. The van der Waals surface area contributed by atoms with Gasteiger partial charge in [-0.2, -0.15) is 0 Å². The van der Waals surface area contributed by atoms with Crippen molar-refractivity contribution in [3.05, 3.63) is 99.8 Å². The lowest BCUT2D eigenvalue weighted by Gasteiger charge is -2.11. The number of nitrogens with zero attached hydrogens (tertiary/aromatic N) is 3. The van der Waals surface area contributed by atoms with Gasteiger partial charge in [0.25, 0.3) is 0 Å². The number of para-hydroxylation sites is 1. The van der Waals surface area contributed by atoms with Crippen molar-refractivity contribution in [1.29, 1.82) is 0 Å². The maximum absolute atomic E-state index is 12.5. The molecular weight excluding hydrogens is 515 g/mol. The van der Waals surface area contributed by atoms with Crippen molar-refractivity contribution in [2.24, 2.45) is 0 Å². The summed E-state index contributed by atoms with van der Waals surface area (Å²) in [5.74, 6) is 2.22. The average Bonchev–Trinajstić information content (AvgIpc) is 3.29. The summed E-state index contributed by atoms with van der Waals surface area (Å²) in [7, 11) is 1.62. The van der Waals surface area contributed by atoms with Gasteiger partial charge in [0.15, 0.2) is 5.16 Å². The zero-order valence-electron chi connectivity index (χ0n) is 19.8. The summed E-state index contributed by atoms with van der Waals surface area (Å²) in [5, 5.41) is 13.9. The van der Waals surface area contributed by atoms with E-state index in [2.05, 4.69) is 15.5 Å². The SMILES string of the molecule is COc1ccccc1CNC(=O)CCCc1nnc(SCc2cccc(Cl)c2)n1-c1cccc(Cl)c1. The molecule has 0 saturated carbocycles. The molecule has 1 heterocycles. The van der Waals surface area contributed by atoms with Crippen LogP contribution in [0.1, 0.15) is 29.8 Å². The molecule has 36 heavy (non-hydrogen) atoms. The van der Waals surface area contributed by atoms with Gasteiger partial charge in [0.2, 0.25) is 5.91 Å². The van der Waals surface area contributed by atoms with E-state index in [1.807, 2.05) is 77.4 Å². The molecule has 1 aromatic heterocycles. The third kappa shape index (κ3) is 7.03. The molecule has 6 nitrogen and oxygen atoms in total. The Morgan fingerprint density at radius 2 is 1.78 bits per heavy atom. The molecule has 9 heteroatoms. The van der Waals surface area contributed by atoms with Crippen molar-refractivity contribution in [1.82, 2.24) is 20.1 Å². The van der Waals surface area contributed by atoms with Crippen molar-refractivity contribution < 1.29 is 9.53 Å². The second-order valence-corrected chi connectivity index (χ2v) is 9.89. The van der Waals surface area contributed by atoms with Crippen molar-refractivity contribution in [2.45, 2.75) is 36.7 Å². The molecule has 0 atom stereocenters. The van der Waals surface area contributed by atoms with Gasteiger partial charge in [-0.25, -0.2) is 0 Å². The standard InChI is InChI=1S/C27H26Cl2N4O2S/c1-35-24-12-3-2-8-20(24)17-30-26(34)14-6-13-25-31-32-27(33(25)23-11-5-10-22(29)16-23)36-18-19-7-4-9-21(28)15-19/h2-5,7-12,15-16H,6,13-14,17-18H2,1H3,(H,30,34). The lowest BCUT2D eigenvalue weighted by atomic mass is 10.2.